The third-order valence-corrected chi connectivity index (χ3v) is 6.18. The quantitative estimate of drug-likeness (QED) is 0.271. The van der Waals surface area contributed by atoms with Gasteiger partial charge in [0.05, 0.1) is 22.6 Å². The first-order valence-electron chi connectivity index (χ1n) is 11.6. The number of nitrogens with one attached hydrogen (secondary N) is 3. The third kappa shape index (κ3) is 7.40. The molecule has 0 aliphatic carbocycles. The van der Waals surface area contributed by atoms with E-state index in [4.69, 9.17) is 10.5 Å². The number of benzene rings is 3. The van der Waals surface area contributed by atoms with Crippen LogP contribution in [0.4, 0.5) is 39.4 Å². The van der Waals surface area contributed by atoms with E-state index in [1.54, 1.807) is 11.6 Å². The fraction of sp³-hybridized carbons (Fsp3) is 0.231. The molecule has 0 saturated carbocycles. The monoisotopic (exact) mass is 582 g/mol. The van der Waals surface area contributed by atoms with Crippen molar-refractivity contribution < 1.29 is 40.3 Å². The molecule has 0 atom stereocenters. The Labute approximate surface area is 227 Å². The van der Waals surface area contributed by atoms with Crippen molar-refractivity contribution in [2.75, 3.05) is 10.0 Å². The van der Waals surface area contributed by atoms with Gasteiger partial charge in [-0.2, -0.15) is 8.42 Å². The van der Waals surface area contributed by atoms with Gasteiger partial charge in [0.2, 0.25) is 0 Å². The van der Waals surface area contributed by atoms with Crippen LogP contribution in [-0.4, -0.2) is 26.0 Å². The molecule has 0 unspecified atom stereocenters. The van der Waals surface area contributed by atoms with Gasteiger partial charge in [-0.25, -0.2) is 27.1 Å². The molecule has 0 aliphatic rings. The second kappa shape index (κ2) is 11.4. The Bertz CT molecular complexity index is 1590. The summed E-state index contributed by atoms with van der Waals surface area (Å²) in [5.41, 5.74) is 2.01. The molecule has 3 aromatic rings. The van der Waals surface area contributed by atoms with Crippen LogP contribution >= 0.6 is 0 Å². The van der Waals surface area contributed by atoms with Crippen molar-refractivity contribution >= 4 is 39.3 Å². The minimum Gasteiger partial charge on any atom is -0.443 e. The number of primary amides is 1. The zero-order valence-corrected chi connectivity index (χ0v) is 22.6. The maximum absolute atomic E-state index is 15.2. The van der Waals surface area contributed by atoms with Crippen LogP contribution in [0.3, 0.4) is 0 Å². The molecule has 2 amide bonds. The van der Waals surface area contributed by atoms with Crippen molar-refractivity contribution in [3.63, 3.8) is 0 Å². The standard InChI is InChI=1S/C26H26F4N4O5S/c1-13-8-9-18(17(27)10-13)32-23-16(24(31)35)12-15(21(29)22(23)30)11-14-6-5-7-19(20(14)28)33-40(37,38)34-25(36)39-26(2,3)4/h5-10,12,32-33H,11H2,1-4H3,(H2,31,35)(H,34,36). The molecule has 0 bridgehead atoms. The predicted molar refractivity (Wildman–Crippen MR) is 140 cm³/mol. The van der Waals surface area contributed by atoms with Crippen LogP contribution in [0.5, 0.6) is 0 Å². The van der Waals surface area contributed by atoms with Crippen molar-refractivity contribution in [1.82, 2.24) is 4.72 Å². The molecule has 0 fully saturated rings. The van der Waals surface area contributed by atoms with Gasteiger partial charge in [0.15, 0.2) is 17.5 Å². The Morgan fingerprint density at radius 3 is 2.20 bits per heavy atom. The van der Waals surface area contributed by atoms with Crippen molar-refractivity contribution in [1.29, 1.82) is 0 Å². The number of amides is 2. The zero-order chi connectivity index (χ0) is 30.0. The van der Waals surface area contributed by atoms with Crippen LogP contribution in [-0.2, 0) is 21.4 Å². The van der Waals surface area contributed by atoms with Crippen LogP contribution in [0.2, 0.25) is 0 Å². The van der Waals surface area contributed by atoms with Crippen LogP contribution in [0.25, 0.3) is 0 Å². The minimum absolute atomic E-state index is 0.245. The smallest absolute Gasteiger partial charge is 0.422 e. The largest absolute Gasteiger partial charge is 0.443 e. The second-order valence-corrected chi connectivity index (χ2v) is 11.1. The molecule has 5 N–H and O–H groups in total. The van der Waals surface area contributed by atoms with Gasteiger partial charge in [0, 0.05) is 6.42 Å². The molecule has 0 heterocycles. The number of ether oxygens (including phenoxy) is 1. The molecule has 40 heavy (non-hydrogen) atoms. The molecular formula is C26H26F4N4O5S. The van der Waals surface area contributed by atoms with E-state index in [1.807, 2.05) is 4.72 Å². The lowest BCUT2D eigenvalue weighted by molar-refractivity contribution is 0.0570. The highest BCUT2D eigenvalue weighted by Crippen LogP contribution is 2.32. The van der Waals surface area contributed by atoms with E-state index in [2.05, 4.69) is 5.32 Å². The highest BCUT2D eigenvalue weighted by atomic mass is 32.2. The summed E-state index contributed by atoms with van der Waals surface area (Å²) in [5.74, 6) is -6.17. The van der Waals surface area contributed by atoms with Gasteiger partial charge < -0.3 is 15.8 Å². The van der Waals surface area contributed by atoms with Gasteiger partial charge in [-0.1, -0.05) is 18.2 Å². The summed E-state index contributed by atoms with van der Waals surface area (Å²) in [6.07, 6.45) is -1.95. The fourth-order valence-electron chi connectivity index (χ4n) is 3.56. The summed E-state index contributed by atoms with van der Waals surface area (Å²) in [7, 11) is -4.64. The summed E-state index contributed by atoms with van der Waals surface area (Å²) in [6.45, 7) is 6.13. The number of hydrogen-bond acceptors (Lipinski definition) is 6. The second-order valence-electron chi connectivity index (χ2n) is 9.72. The van der Waals surface area contributed by atoms with Gasteiger partial charge in [0.25, 0.3) is 5.91 Å². The van der Waals surface area contributed by atoms with Gasteiger partial charge in [-0.05, 0) is 68.7 Å². The molecule has 0 aromatic heterocycles. The number of nitrogens with two attached hydrogens (primary N) is 1. The van der Waals surface area contributed by atoms with Crippen LogP contribution in [0, 0.1) is 30.2 Å². The Kier molecular flexibility index (Phi) is 8.63. The number of rotatable bonds is 8. The number of halogens is 4. The first-order chi connectivity index (χ1) is 18.5. The first kappa shape index (κ1) is 30.2. The number of carbonyl (C=O) groups is 2. The molecule has 9 nitrogen and oxygen atoms in total. The van der Waals surface area contributed by atoms with Gasteiger partial charge >= 0.3 is 16.3 Å². The lowest BCUT2D eigenvalue weighted by Gasteiger charge is -2.20. The van der Waals surface area contributed by atoms with Crippen LogP contribution in [0.15, 0.2) is 42.5 Å². The summed E-state index contributed by atoms with van der Waals surface area (Å²) in [6, 6.07) is 8.22. The van der Waals surface area contributed by atoms with Crippen molar-refractivity contribution in [3.05, 3.63) is 88.0 Å². The van der Waals surface area contributed by atoms with Gasteiger partial charge in [-0.3, -0.25) is 9.52 Å². The lowest BCUT2D eigenvalue weighted by Crippen LogP contribution is -2.39. The Hall–Kier alpha value is -4.33. The summed E-state index contributed by atoms with van der Waals surface area (Å²) < 4.78 is 92.5. The molecule has 214 valence electrons. The van der Waals surface area contributed by atoms with E-state index in [0.717, 1.165) is 18.2 Å². The zero-order valence-electron chi connectivity index (χ0n) is 21.8. The number of aryl methyl sites for hydroxylation is 1. The lowest BCUT2D eigenvalue weighted by atomic mass is 9.99. The minimum atomic E-state index is -4.64. The van der Waals surface area contributed by atoms with E-state index < -0.39 is 80.0 Å². The third-order valence-electron chi connectivity index (χ3n) is 5.25. The molecule has 3 aromatic carbocycles. The topological polar surface area (TPSA) is 140 Å². The van der Waals surface area contributed by atoms with E-state index in [1.165, 1.54) is 45.0 Å². The molecule has 0 saturated heterocycles. The molecule has 0 radical (unpaired) electrons. The van der Waals surface area contributed by atoms with Gasteiger partial charge in [-0.15, -0.1) is 0 Å². The van der Waals surface area contributed by atoms with Crippen LogP contribution in [0.1, 0.15) is 47.8 Å². The number of carbonyl (C=O) groups excluding carboxylic acids is 2. The summed E-state index contributed by atoms with van der Waals surface area (Å²) >= 11 is 0. The molecular weight excluding hydrogens is 556 g/mol. The Balaban J connectivity index is 1.93. The number of hydrogen-bond donors (Lipinski definition) is 4. The maximum Gasteiger partial charge on any atom is 0.422 e. The van der Waals surface area contributed by atoms with Crippen LogP contribution < -0.4 is 20.5 Å². The molecule has 14 heteroatoms. The fourth-order valence-corrected chi connectivity index (χ4v) is 4.32. The average molecular weight is 583 g/mol. The Morgan fingerprint density at radius 2 is 1.60 bits per heavy atom. The highest BCUT2D eigenvalue weighted by Gasteiger charge is 2.25. The predicted octanol–water partition coefficient (Wildman–Crippen LogP) is 5.17. The van der Waals surface area contributed by atoms with Crippen molar-refractivity contribution in [2.45, 2.75) is 39.7 Å². The average Bonchev–Trinajstić information content (AvgIpc) is 2.80. The summed E-state index contributed by atoms with van der Waals surface area (Å²) in [5, 5.41) is 2.34. The highest BCUT2D eigenvalue weighted by molar-refractivity contribution is 7.91. The van der Waals surface area contributed by atoms with E-state index >= 15 is 13.2 Å². The van der Waals surface area contributed by atoms with E-state index in [9.17, 15) is 22.4 Å². The first-order valence-corrected chi connectivity index (χ1v) is 13.1. The van der Waals surface area contributed by atoms with Gasteiger partial charge in [0.1, 0.15) is 11.4 Å². The number of anilines is 3. The molecule has 0 spiro atoms. The summed E-state index contributed by atoms with van der Waals surface area (Å²) in [4.78, 5) is 23.9. The normalized spacial score (nSPS) is 11.6. The molecule has 0 aliphatic heterocycles. The maximum atomic E-state index is 15.2. The van der Waals surface area contributed by atoms with Crippen molar-refractivity contribution in [2.24, 2.45) is 5.73 Å². The molecule has 3 rings (SSSR count). The van der Waals surface area contributed by atoms with E-state index in [0.29, 0.717) is 5.56 Å². The Morgan fingerprint density at radius 1 is 0.925 bits per heavy atom. The van der Waals surface area contributed by atoms with Crippen molar-refractivity contribution in [3.8, 4) is 0 Å². The van der Waals surface area contributed by atoms with E-state index in [-0.39, 0.29) is 11.3 Å². The SMILES string of the molecule is Cc1ccc(Nc2c(C(N)=O)cc(Cc3cccc(NS(=O)(=O)NC(=O)OC(C)(C)C)c3F)c(F)c2F)c(F)c1.